The van der Waals surface area contributed by atoms with E-state index in [-0.39, 0.29) is 22.8 Å². The molecule has 2 N–H and O–H groups in total. The van der Waals surface area contributed by atoms with Crippen LogP contribution in [0.1, 0.15) is 50.5 Å². The lowest BCUT2D eigenvalue weighted by molar-refractivity contribution is -0.154. The average molecular weight is 568 g/mol. The monoisotopic (exact) mass is 567 g/mol. The number of carbonyl (C=O) groups is 2. The first kappa shape index (κ1) is 28.3. The minimum atomic E-state index is -3.76. The van der Waals surface area contributed by atoms with Crippen LogP contribution in [0.5, 0.6) is 0 Å². The summed E-state index contributed by atoms with van der Waals surface area (Å²) in [5, 5.41) is 10.5. The summed E-state index contributed by atoms with van der Waals surface area (Å²) in [7, 11) is -0.168. The Balaban J connectivity index is 1.25. The number of aromatic nitrogens is 1. The number of carboxylic acids is 1. The van der Waals surface area contributed by atoms with E-state index in [1.807, 2.05) is 41.9 Å². The smallest absolute Gasteiger partial charge is 0.326 e. The summed E-state index contributed by atoms with van der Waals surface area (Å²) in [4.78, 5) is 26.5. The predicted molar refractivity (Wildman–Crippen MR) is 152 cm³/mol. The second kappa shape index (κ2) is 11.7. The van der Waals surface area contributed by atoms with Crippen molar-refractivity contribution in [1.82, 2.24) is 14.2 Å². The molecule has 0 bridgehead atoms. The molecule has 2 aromatic carbocycles. The molecule has 40 heavy (non-hydrogen) atoms. The summed E-state index contributed by atoms with van der Waals surface area (Å²) >= 11 is 0. The third-order valence-electron chi connectivity index (χ3n) is 8.36. The molecule has 2 fully saturated rings. The molecule has 1 atom stereocenters. The lowest BCUT2D eigenvalue weighted by Gasteiger charge is -2.37. The molecule has 10 heteroatoms. The summed E-state index contributed by atoms with van der Waals surface area (Å²) in [5.74, 6) is -1.31. The van der Waals surface area contributed by atoms with E-state index in [9.17, 15) is 23.1 Å². The molecule has 1 aliphatic carbocycles. The van der Waals surface area contributed by atoms with Crippen LogP contribution in [-0.2, 0) is 38.0 Å². The number of hydrogen-bond donors (Lipinski definition) is 2. The number of carbonyl (C=O) groups excluding carboxylic acids is 1. The number of likely N-dealkylation sites (tertiary alicyclic amines) is 1. The standard InChI is InChI=1S/C30H37N3O6S/c1-32-27(21-8-6-20(7-9-21)19-39-2)17-23-12-15-25(18-28(23)32)40(37,38)31-24-13-10-22(11-14-24)29(34)33-16-4-3-5-26(33)30(35)36/h6-9,12,15,17-18,22,24,26,31H,3-5,10-11,13-14,16,19H2,1-2H3,(H,35,36). The number of aliphatic carboxylic acids is 1. The molecule has 5 rings (SSSR count). The Morgan fingerprint density at radius 2 is 1.73 bits per heavy atom. The van der Waals surface area contributed by atoms with Crippen LogP contribution < -0.4 is 4.72 Å². The van der Waals surface area contributed by atoms with Gasteiger partial charge in [-0.3, -0.25) is 4.79 Å². The van der Waals surface area contributed by atoms with E-state index in [0.29, 0.717) is 45.3 Å². The zero-order valence-corrected chi connectivity index (χ0v) is 23.8. The normalized spacial score (nSPS) is 21.9. The van der Waals surface area contributed by atoms with Crippen LogP contribution >= 0.6 is 0 Å². The second-order valence-electron chi connectivity index (χ2n) is 11.0. The van der Waals surface area contributed by atoms with Gasteiger partial charge in [-0.25, -0.2) is 17.9 Å². The first-order valence-electron chi connectivity index (χ1n) is 13.9. The van der Waals surface area contributed by atoms with Gasteiger partial charge in [0.25, 0.3) is 0 Å². The van der Waals surface area contributed by atoms with Crippen molar-refractivity contribution in [3.05, 3.63) is 54.1 Å². The van der Waals surface area contributed by atoms with Gasteiger partial charge >= 0.3 is 5.97 Å². The van der Waals surface area contributed by atoms with Crippen molar-refractivity contribution in [2.24, 2.45) is 13.0 Å². The van der Waals surface area contributed by atoms with E-state index in [2.05, 4.69) is 10.8 Å². The van der Waals surface area contributed by atoms with E-state index in [1.165, 1.54) is 4.90 Å². The molecule has 1 unspecified atom stereocenters. The number of aryl methyl sites for hydroxylation is 1. The van der Waals surface area contributed by atoms with Gasteiger partial charge in [-0.2, -0.15) is 0 Å². The number of piperidine rings is 1. The molecule has 3 aromatic rings. The Bertz CT molecular complexity index is 1490. The SMILES string of the molecule is COCc1ccc(-c2cc3ccc(S(=O)(=O)NC4CCC(C(=O)N5CCCCC5C(=O)O)CC4)cc3n2C)cc1. The Labute approximate surface area is 235 Å². The highest BCUT2D eigenvalue weighted by Gasteiger charge is 2.37. The lowest BCUT2D eigenvalue weighted by Crippen LogP contribution is -2.51. The Hall–Kier alpha value is -3.21. The summed E-state index contributed by atoms with van der Waals surface area (Å²) in [6, 6.07) is 14.3. The number of rotatable bonds is 8. The molecule has 0 spiro atoms. The molecule has 2 heterocycles. The number of hydrogen-bond acceptors (Lipinski definition) is 5. The highest BCUT2D eigenvalue weighted by Crippen LogP contribution is 2.32. The van der Waals surface area contributed by atoms with Crippen LogP contribution in [0.2, 0.25) is 0 Å². The van der Waals surface area contributed by atoms with E-state index < -0.39 is 22.0 Å². The van der Waals surface area contributed by atoms with Crippen molar-refractivity contribution < 1.29 is 27.9 Å². The van der Waals surface area contributed by atoms with Gasteiger partial charge in [-0.05, 0) is 74.3 Å². The zero-order valence-electron chi connectivity index (χ0n) is 23.0. The molecule has 0 radical (unpaired) electrons. The van der Waals surface area contributed by atoms with Crippen molar-refractivity contribution in [3.8, 4) is 11.3 Å². The summed E-state index contributed by atoms with van der Waals surface area (Å²) < 4.78 is 36.7. The maximum atomic E-state index is 13.3. The highest BCUT2D eigenvalue weighted by molar-refractivity contribution is 7.89. The number of benzene rings is 2. The fraction of sp³-hybridized carbons (Fsp3) is 0.467. The molecule has 2 aliphatic rings. The first-order chi connectivity index (χ1) is 19.2. The summed E-state index contributed by atoms with van der Waals surface area (Å²) in [5.41, 5.74) is 3.93. The Morgan fingerprint density at radius 1 is 1.00 bits per heavy atom. The molecule has 214 valence electrons. The van der Waals surface area contributed by atoms with Gasteiger partial charge in [0.2, 0.25) is 15.9 Å². The minimum Gasteiger partial charge on any atom is -0.480 e. The highest BCUT2D eigenvalue weighted by atomic mass is 32.2. The largest absolute Gasteiger partial charge is 0.480 e. The predicted octanol–water partition coefficient (Wildman–Crippen LogP) is 4.29. The molecule has 1 saturated carbocycles. The van der Waals surface area contributed by atoms with Crippen LogP contribution in [0.15, 0.2) is 53.4 Å². The number of ether oxygens (including phenoxy) is 1. The van der Waals surface area contributed by atoms with Crippen molar-refractivity contribution in [3.63, 3.8) is 0 Å². The van der Waals surface area contributed by atoms with Gasteiger partial charge in [0.1, 0.15) is 6.04 Å². The summed E-state index contributed by atoms with van der Waals surface area (Å²) in [6.07, 6.45) is 4.28. The summed E-state index contributed by atoms with van der Waals surface area (Å²) in [6.45, 7) is 1.02. The molecule has 1 aromatic heterocycles. The van der Waals surface area contributed by atoms with Crippen molar-refractivity contribution >= 4 is 32.8 Å². The first-order valence-corrected chi connectivity index (χ1v) is 15.4. The number of amides is 1. The topological polar surface area (TPSA) is 118 Å². The molecule has 1 amide bonds. The van der Waals surface area contributed by atoms with Crippen LogP contribution in [0, 0.1) is 5.92 Å². The van der Waals surface area contributed by atoms with Gasteiger partial charge in [-0.15, -0.1) is 0 Å². The van der Waals surface area contributed by atoms with E-state index >= 15 is 0 Å². The number of nitrogens with zero attached hydrogens (tertiary/aromatic N) is 2. The minimum absolute atomic E-state index is 0.105. The van der Waals surface area contributed by atoms with Gasteiger partial charge in [-0.1, -0.05) is 30.3 Å². The number of fused-ring (bicyclic) bond motifs is 1. The van der Waals surface area contributed by atoms with Gasteiger partial charge in [0.15, 0.2) is 0 Å². The third kappa shape index (κ3) is 5.80. The van der Waals surface area contributed by atoms with Crippen LogP contribution in [0.3, 0.4) is 0 Å². The van der Waals surface area contributed by atoms with Gasteiger partial charge in [0.05, 0.1) is 11.5 Å². The van der Waals surface area contributed by atoms with Crippen molar-refractivity contribution in [1.29, 1.82) is 0 Å². The van der Waals surface area contributed by atoms with E-state index in [1.54, 1.807) is 19.2 Å². The maximum Gasteiger partial charge on any atom is 0.326 e. The van der Waals surface area contributed by atoms with Crippen molar-refractivity contribution in [2.45, 2.75) is 68.5 Å². The lowest BCUT2D eigenvalue weighted by atomic mass is 9.84. The quantitative estimate of drug-likeness (QED) is 0.419. The molecule has 1 saturated heterocycles. The third-order valence-corrected chi connectivity index (χ3v) is 9.88. The average Bonchev–Trinajstić information content (AvgIpc) is 3.29. The Kier molecular flexibility index (Phi) is 8.30. The fourth-order valence-corrected chi connectivity index (χ4v) is 7.45. The number of sulfonamides is 1. The fourth-order valence-electron chi connectivity index (χ4n) is 6.12. The number of carboxylic acid groups (broad SMARTS) is 1. The van der Waals surface area contributed by atoms with Crippen LogP contribution in [0.4, 0.5) is 0 Å². The molecule has 9 nitrogen and oxygen atoms in total. The van der Waals surface area contributed by atoms with Crippen LogP contribution in [0.25, 0.3) is 22.2 Å². The molecular weight excluding hydrogens is 530 g/mol. The zero-order chi connectivity index (χ0) is 28.4. The van der Waals surface area contributed by atoms with Gasteiger partial charge in [0, 0.05) is 49.3 Å². The Morgan fingerprint density at radius 3 is 2.40 bits per heavy atom. The number of methoxy groups -OCH3 is 1. The van der Waals surface area contributed by atoms with Gasteiger partial charge < -0.3 is 19.3 Å². The van der Waals surface area contributed by atoms with Crippen molar-refractivity contribution in [2.75, 3.05) is 13.7 Å². The second-order valence-corrected chi connectivity index (χ2v) is 12.7. The van der Waals surface area contributed by atoms with E-state index in [4.69, 9.17) is 4.74 Å². The molecule has 1 aliphatic heterocycles. The number of nitrogens with one attached hydrogen (secondary N) is 1. The molecular formula is C30H37N3O6S. The van der Waals surface area contributed by atoms with Crippen LogP contribution in [-0.4, -0.2) is 60.6 Å². The van der Waals surface area contributed by atoms with E-state index in [0.717, 1.165) is 40.6 Å². The maximum absolute atomic E-state index is 13.3.